The molecule has 1 aromatic carbocycles. The minimum Gasteiger partial charge on any atom is -0.355 e. The summed E-state index contributed by atoms with van der Waals surface area (Å²) in [6.45, 7) is 2.22. The zero-order valence-electron chi connectivity index (χ0n) is 20.6. The normalized spacial score (nSPS) is 16.5. The quantitative estimate of drug-likeness (QED) is 0.531. The number of aryl methyl sites for hydroxylation is 1. The highest BCUT2D eigenvalue weighted by Gasteiger charge is 2.67. The van der Waals surface area contributed by atoms with Crippen LogP contribution in [0, 0.1) is 12.3 Å². The van der Waals surface area contributed by atoms with E-state index in [9.17, 15) is 22.8 Å². The number of alkyl halides is 3. The maximum atomic E-state index is 13.9. The molecule has 1 aromatic heterocycles. The van der Waals surface area contributed by atoms with Crippen LogP contribution in [-0.4, -0.2) is 61.6 Å². The lowest BCUT2D eigenvalue weighted by Crippen LogP contribution is -2.43. The van der Waals surface area contributed by atoms with Crippen molar-refractivity contribution in [1.29, 1.82) is 0 Å². The molecular weight excluding hydrogens is 457 g/mol. The van der Waals surface area contributed by atoms with Gasteiger partial charge in [0.1, 0.15) is 0 Å². The predicted octanol–water partition coefficient (Wildman–Crippen LogP) is 3.85. The molecule has 1 aliphatic carbocycles. The highest BCUT2D eigenvalue weighted by atomic mass is 19.4. The number of halogens is 3. The smallest absolute Gasteiger partial charge is 0.355 e. The van der Waals surface area contributed by atoms with Gasteiger partial charge in [-0.3, -0.25) is 14.6 Å². The largest absolute Gasteiger partial charge is 0.395 e. The van der Waals surface area contributed by atoms with Crippen molar-refractivity contribution in [2.24, 2.45) is 5.41 Å². The van der Waals surface area contributed by atoms with E-state index in [1.165, 1.54) is 6.20 Å². The molecule has 2 amide bonds. The number of amides is 2. The first-order chi connectivity index (χ1) is 16.5. The second kappa shape index (κ2) is 10.8. The van der Waals surface area contributed by atoms with Gasteiger partial charge < -0.3 is 15.5 Å². The fourth-order valence-corrected chi connectivity index (χ4v) is 4.52. The van der Waals surface area contributed by atoms with Gasteiger partial charge >= 0.3 is 6.18 Å². The molecule has 0 bridgehead atoms. The maximum absolute atomic E-state index is 13.9. The molecule has 0 radical (unpaired) electrons. The van der Waals surface area contributed by atoms with Gasteiger partial charge in [0.25, 0.3) is 5.91 Å². The summed E-state index contributed by atoms with van der Waals surface area (Å²) in [5.41, 5.74) is 0.978. The Hall–Kier alpha value is -2.94. The number of pyridine rings is 1. The predicted molar refractivity (Wildman–Crippen MR) is 128 cm³/mol. The van der Waals surface area contributed by atoms with E-state index in [0.717, 1.165) is 11.1 Å². The molecule has 3 rings (SSSR count). The summed E-state index contributed by atoms with van der Waals surface area (Å²) in [4.78, 5) is 30.9. The van der Waals surface area contributed by atoms with Crippen molar-refractivity contribution in [3.05, 3.63) is 65.0 Å². The summed E-state index contributed by atoms with van der Waals surface area (Å²) >= 11 is 0. The summed E-state index contributed by atoms with van der Waals surface area (Å²) in [7, 11) is 5.36. The van der Waals surface area contributed by atoms with Crippen molar-refractivity contribution in [3.63, 3.8) is 0 Å². The third kappa shape index (κ3) is 6.20. The molecule has 1 aliphatic rings. The van der Waals surface area contributed by atoms with Crippen LogP contribution < -0.4 is 10.6 Å². The average molecular weight is 491 g/mol. The molecule has 35 heavy (non-hydrogen) atoms. The molecule has 2 atom stereocenters. The number of hydrogen-bond donors (Lipinski definition) is 2. The van der Waals surface area contributed by atoms with Crippen LogP contribution in [0.3, 0.4) is 0 Å². The lowest BCUT2D eigenvalue weighted by molar-refractivity contribution is -0.195. The van der Waals surface area contributed by atoms with Crippen molar-refractivity contribution in [1.82, 2.24) is 20.5 Å². The molecule has 1 unspecified atom stereocenters. The Morgan fingerprint density at radius 1 is 1.17 bits per heavy atom. The van der Waals surface area contributed by atoms with E-state index in [1.54, 1.807) is 31.3 Å². The SMILES string of the molecule is CNC(=O)c1ccc(C[C@@H](CNC(=O)CC(c2ccccn2)C2(C(F)(F)F)CC2)N(C)C)c(C)c1. The maximum Gasteiger partial charge on any atom is 0.395 e. The Balaban J connectivity index is 1.68. The number of rotatable bonds is 10. The van der Waals surface area contributed by atoms with Crippen molar-refractivity contribution in [2.75, 3.05) is 27.7 Å². The van der Waals surface area contributed by atoms with E-state index < -0.39 is 23.4 Å². The van der Waals surface area contributed by atoms with E-state index in [4.69, 9.17) is 0 Å². The van der Waals surface area contributed by atoms with Gasteiger partial charge in [-0.15, -0.1) is 0 Å². The van der Waals surface area contributed by atoms with Gasteiger partial charge in [0, 0.05) is 49.4 Å². The Kier molecular flexibility index (Phi) is 8.20. The minimum atomic E-state index is -4.39. The Bertz CT molecular complexity index is 1040. The zero-order valence-corrected chi connectivity index (χ0v) is 20.6. The topological polar surface area (TPSA) is 74.3 Å². The fourth-order valence-electron chi connectivity index (χ4n) is 4.52. The van der Waals surface area contributed by atoms with Gasteiger partial charge in [-0.05, 0) is 75.7 Å². The van der Waals surface area contributed by atoms with Gasteiger partial charge in [-0.1, -0.05) is 12.1 Å². The first-order valence-corrected chi connectivity index (χ1v) is 11.7. The van der Waals surface area contributed by atoms with E-state index >= 15 is 0 Å². The van der Waals surface area contributed by atoms with Crippen LogP contribution in [0.15, 0.2) is 42.6 Å². The second-order valence-corrected chi connectivity index (χ2v) is 9.51. The van der Waals surface area contributed by atoms with Crippen LogP contribution in [-0.2, 0) is 11.2 Å². The number of likely N-dealkylation sites (N-methyl/N-ethyl adjacent to an activating group) is 1. The van der Waals surface area contributed by atoms with Crippen molar-refractivity contribution in [3.8, 4) is 0 Å². The number of aromatic nitrogens is 1. The first-order valence-electron chi connectivity index (χ1n) is 11.7. The molecule has 1 saturated carbocycles. The van der Waals surface area contributed by atoms with Gasteiger partial charge in [0.05, 0.1) is 5.41 Å². The van der Waals surface area contributed by atoms with Crippen LogP contribution in [0.4, 0.5) is 13.2 Å². The Labute approximate surface area is 204 Å². The van der Waals surface area contributed by atoms with Gasteiger partial charge in [-0.25, -0.2) is 0 Å². The molecular formula is C26H33F3N4O2. The highest BCUT2D eigenvalue weighted by molar-refractivity contribution is 5.94. The molecule has 0 spiro atoms. The van der Waals surface area contributed by atoms with E-state index in [1.807, 2.05) is 38.1 Å². The molecule has 0 aliphatic heterocycles. The second-order valence-electron chi connectivity index (χ2n) is 9.51. The summed E-state index contributed by atoms with van der Waals surface area (Å²) in [6, 6.07) is 10.3. The van der Waals surface area contributed by atoms with Crippen LogP contribution >= 0.6 is 0 Å². The van der Waals surface area contributed by atoms with E-state index in [-0.39, 0.29) is 37.8 Å². The number of nitrogens with one attached hydrogen (secondary N) is 2. The zero-order chi connectivity index (χ0) is 25.8. The lowest BCUT2D eigenvalue weighted by Gasteiger charge is -2.29. The lowest BCUT2D eigenvalue weighted by atomic mass is 9.82. The minimum absolute atomic E-state index is 0.0106. The summed E-state index contributed by atoms with van der Waals surface area (Å²) in [5.74, 6) is -1.60. The molecule has 9 heteroatoms. The molecule has 1 fully saturated rings. The molecule has 1 heterocycles. The van der Waals surface area contributed by atoms with Crippen LogP contribution in [0.1, 0.15) is 52.4 Å². The van der Waals surface area contributed by atoms with Crippen molar-refractivity contribution < 1.29 is 22.8 Å². The third-order valence-electron chi connectivity index (χ3n) is 7.01. The number of carbonyl (C=O) groups excluding carboxylic acids is 2. The Morgan fingerprint density at radius 3 is 2.40 bits per heavy atom. The number of hydrogen-bond acceptors (Lipinski definition) is 4. The van der Waals surface area contributed by atoms with E-state index in [2.05, 4.69) is 15.6 Å². The highest BCUT2D eigenvalue weighted by Crippen LogP contribution is 2.65. The molecule has 190 valence electrons. The Morgan fingerprint density at radius 2 is 1.89 bits per heavy atom. The summed E-state index contributed by atoms with van der Waals surface area (Å²) < 4.78 is 41.7. The van der Waals surface area contributed by atoms with Crippen LogP contribution in [0.25, 0.3) is 0 Å². The molecule has 6 nitrogen and oxygen atoms in total. The summed E-state index contributed by atoms with van der Waals surface area (Å²) in [5, 5.41) is 5.46. The number of nitrogens with zero attached hydrogens (tertiary/aromatic N) is 2. The standard InChI is InChI=1S/C26H33F3N4O2/c1-17-13-19(24(35)30-2)9-8-18(17)14-20(33(3)4)16-32-23(34)15-21(22-7-5-6-12-31-22)25(10-11-25)26(27,28)29/h5-9,12-13,20-21H,10-11,14-16H2,1-4H3,(H,30,35)(H,32,34)/t20-,21?/m0/s1. The van der Waals surface area contributed by atoms with Gasteiger partial charge in [0.15, 0.2) is 0 Å². The fraction of sp³-hybridized carbons (Fsp3) is 0.500. The van der Waals surface area contributed by atoms with Crippen molar-refractivity contribution in [2.45, 2.75) is 50.7 Å². The molecule has 2 N–H and O–H groups in total. The van der Waals surface area contributed by atoms with Gasteiger partial charge in [-0.2, -0.15) is 13.2 Å². The molecule has 0 saturated heterocycles. The first kappa shape index (κ1) is 26.7. The van der Waals surface area contributed by atoms with Crippen LogP contribution in [0.2, 0.25) is 0 Å². The third-order valence-corrected chi connectivity index (χ3v) is 7.01. The van der Waals surface area contributed by atoms with E-state index in [0.29, 0.717) is 17.7 Å². The molecule has 2 aromatic rings. The van der Waals surface area contributed by atoms with Gasteiger partial charge in [0.2, 0.25) is 5.91 Å². The summed E-state index contributed by atoms with van der Waals surface area (Å²) in [6.07, 6.45) is -2.56. The average Bonchev–Trinajstić information content (AvgIpc) is 3.63. The number of carbonyl (C=O) groups is 2. The number of benzene rings is 1. The van der Waals surface area contributed by atoms with Crippen LogP contribution in [0.5, 0.6) is 0 Å². The van der Waals surface area contributed by atoms with Crippen molar-refractivity contribution >= 4 is 11.8 Å². The monoisotopic (exact) mass is 490 g/mol.